The SMILES string of the molecule is CN[C@@H](C)C(=O)N[C@@H](C)C(=O)N[C@@H](C)C(=O)NC(C)(C)C. The average Bonchev–Trinajstić information content (AvgIpc) is 2.35. The molecule has 3 amide bonds. The van der Waals surface area contributed by atoms with Crippen LogP contribution >= 0.6 is 0 Å². The third kappa shape index (κ3) is 7.65. The Hall–Kier alpha value is -1.63. The molecule has 0 aliphatic heterocycles. The number of hydrogen-bond donors (Lipinski definition) is 4. The fourth-order valence-corrected chi connectivity index (χ4v) is 1.42. The minimum absolute atomic E-state index is 0.266. The van der Waals surface area contributed by atoms with E-state index < -0.39 is 18.0 Å². The molecule has 0 rings (SSSR count). The van der Waals surface area contributed by atoms with Crippen LogP contribution in [0.4, 0.5) is 0 Å². The molecule has 4 N–H and O–H groups in total. The first-order valence-electron chi connectivity index (χ1n) is 7.08. The topological polar surface area (TPSA) is 99.3 Å². The molecule has 7 heteroatoms. The van der Waals surface area contributed by atoms with Crippen LogP contribution in [0.2, 0.25) is 0 Å². The summed E-state index contributed by atoms with van der Waals surface area (Å²) in [6, 6.07) is -1.77. The first-order valence-corrected chi connectivity index (χ1v) is 7.08. The molecule has 0 spiro atoms. The first-order chi connectivity index (χ1) is 9.47. The molecule has 3 atom stereocenters. The smallest absolute Gasteiger partial charge is 0.242 e. The zero-order valence-electron chi connectivity index (χ0n) is 14.0. The van der Waals surface area contributed by atoms with Crippen LogP contribution in [0, 0.1) is 0 Å². The number of hydrogen-bond acceptors (Lipinski definition) is 4. The van der Waals surface area contributed by atoms with E-state index in [1.807, 2.05) is 20.8 Å². The van der Waals surface area contributed by atoms with Gasteiger partial charge in [-0.25, -0.2) is 0 Å². The van der Waals surface area contributed by atoms with Crippen molar-refractivity contribution in [2.75, 3.05) is 7.05 Å². The van der Waals surface area contributed by atoms with Crippen LogP contribution in [-0.2, 0) is 14.4 Å². The van der Waals surface area contributed by atoms with Crippen molar-refractivity contribution < 1.29 is 14.4 Å². The summed E-state index contributed by atoms with van der Waals surface area (Å²) in [6.07, 6.45) is 0. The normalized spacial score (nSPS) is 15.6. The lowest BCUT2D eigenvalue weighted by molar-refractivity contribution is -0.132. The van der Waals surface area contributed by atoms with E-state index in [1.165, 1.54) is 0 Å². The van der Waals surface area contributed by atoms with Crippen LogP contribution in [0.15, 0.2) is 0 Å². The van der Waals surface area contributed by atoms with E-state index in [4.69, 9.17) is 0 Å². The lowest BCUT2D eigenvalue weighted by Crippen LogP contribution is -2.55. The molecule has 0 heterocycles. The van der Waals surface area contributed by atoms with Crippen molar-refractivity contribution in [1.82, 2.24) is 21.3 Å². The summed E-state index contributed by atoms with van der Waals surface area (Å²) in [6.45, 7) is 10.5. The van der Waals surface area contributed by atoms with Crippen molar-refractivity contribution in [3.8, 4) is 0 Å². The first kappa shape index (κ1) is 19.4. The Labute approximate surface area is 126 Å². The van der Waals surface area contributed by atoms with Gasteiger partial charge >= 0.3 is 0 Å². The van der Waals surface area contributed by atoms with Gasteiger partial charge in [-0.15, -0.1) is 0 Å². The van der Waals surface area contributed by atoms with Crippen molar-refractivity contribution in [3.05, 3.63) is 0 Å². The van der Waals surface area contributed by atoms with Gasteiger partial charge in [-0.1, -0.05) is 0 Å². The Morgan fingerprint density at radius 1 is 0.762 bits per heavy atom. The number of carbonyl (C=O) groups is 3. The van der Waals surface area contributed by atoms with Crippen LogP contribution in [0.5, 0.6) is 0 Å². The fraction of sp³-hybridized carbons (Fsp3) is 0.786. The highest BCUT2D eigenvalue weighted by Gasteiger charge is 2.24. The number of amides is 3. The van der Waals surface area contributed by atoms with Crippen LogP contribution in [-0.4, -0.2) is 48.4 Å². The molecule has 0 aromatic rings. The Bertz CT molecular complexity index is 390. The van der Waals surface area contributed by atoms with Gasteiger partial charge in [0, 0.05) is 5.54 Å². The third-order valence-electron chi connectivity index (χ3n) is 2.83. The van der Waals surface area contributed by atoms with Crippen LogP contribution in [0.1, 0.15) is 41.5 Å². The van der Waals surface area contributed by atoms with Gasteiger partial charge in [0.25, 0.3) is 0 Å². The maximum atomic E-state index is 11.9. The molecule has 0 radical (unpaired) electrons. The Morgan fingerprint density at radius 2 is 1.14 bits per heavy atom. The second-order valence-corrected chi connectivity index (χ2v) is 6.21. The maximum Gasteiger partial charge on any atom is 0.242 e. The van der Waals surface area contributed by atoms with Crippen molar-refractivity contribution >= 4 is 17.7 Å². The van der Waals surface area contributed by atoms with Crippen molar-refractivity contribution in [2.24, 2.45) is 0 Å². The summed E-state index contributed by atoms with van der Waals surface area (Å²) < 4.78 is 0. The van der Waals surface area contributed by atoms with Crippen molar-refractivity contribution in [1.29, 1.82) is 0 Å². The Morgan fingerprint density at radius 3 is 1.52 bits per heavy atom. The minimum atomic E-state index is -0.710. The van der Waals surface area contributed by atoms with E-state index >= 15 is 0 Å². The van der Waals surface area contributed by atoms with Gasteiger partial charge in [-0.3, -0.25) is 14.4 Å². The molecule has 21 heavy (non-hydrogen) atoms. The molecule has 0 fully saturated rings. The molecule has 0 aliphatic carbocycles. The summed E-state index contributed by atoms with van der Waals surface area (Å²) in [5.74, 6) is -0.937. The monoisotopic (exact) mass is 300 g/mol. The second-order valence-electron chi connectivity index (χ2n) is 6.21. The fourth-order valence-electron chi connectivity index (χ4n) is 1.42. The quantitative estimate of drug-likeness (QED) is 0.532. The van der Waals surface area contributed by atoms with E-state index in [9.17, 15) is 14.4 Å². The molecular weight excluding hydrogens is 272 g/mol. The van der Waals surface area contributed by atoms with Crippen LogP contribution in [0.25, 0.3) is 0 Å². The standard InChI is InChI=1S/C14H28N4O3/c1-8(15-7)11(19)16-9(2)12(20)17-10(3)13(21)18-14(4,5)6/h8-10,15H,1-7H3,(H,16,19)(H,17,20)(H,18,21)/t8-,9-,10-/m0/s1. The highest BCUT2D eigenvalue weighted by molar-refractivity contribution is 5.92. The predicted octanol–water partition coefficient (Wildman–Crippen LogP) is -0.482. The summed E-state index contributed by atoms with van der Waals surface area (Å²) in [5.41, 5.74) is -0.363. The molecule has 122 valence electrons. The van der Waals surface area contributed by atoms with E-state index in [-0.39, 0.29) is 23.4 Å². The molecule has 0 saturated carbocycles. The third-order valence-corrected chi connectivity index (χ3v) is 2.83. The van der Waals surface area contributed by atoms with E-state index in [1.54, 1.807) is 27.8 Å². The van der Waals surface area contributed by atoms with Gasteiger partial charge < -0.3 is 21.3 Å². The molecule has 0 unspecified atom stereocenters. The van der Waals surface area contributed by atoms with Gasteiger partial charge in [-0.2, -0.15) is 0 Å². The zero-order valence-corrected chi connectivity index (χ0v) is 14.0. The minimum Gasteiger partial charge on any atom is -0.350 e. The van der Waals surface area contributed by atoms with E-state index in [2.05, 4.69) is 21.3 Å². The summed E-state index contributed by atoms with van der Waals surface area (Å²) in [4.78, 5) is 35.5. The molecular formula is C14H28N4O3. The highest BCUT2D eigenvalue weighted by atomic mass is 16.2. The number of nitrogens with one attached hydrogen (secondary N) is 4. The average molecular weight is 300 g/mol. The Balaban J connectivity index is 4.41. The van der Waals surface area contributed by atoms with Crippen LogP contribution < -0.4 is 21.3 Å². The van der Waals surface area contributed by atoms with Gasteiger partial charge in [0.2, 0.25) is 17.7 Å². The predicted molar refractivity (Wildman–Crippen MR) is 81.6 cm³/mol. The van der Waals surface area contributed by atoms with Crippen molar-refractivity contribution in [2.45, 2.75) is 65.2 Å². The number of likely N-dealkylation sites (N-methyl/N-ethyl adjacent to an activating group) is 1. The zero-order chi connectivity index (χ0) is 16.8. The maximum absolute atomic E-state index is 11.9. The van der Waals surface area contributed by atoms with Crippen molar-refractivity contribution in [3.63, 3.8) is 0 Å². The summed E-state index contributed by atoms with van der Waals surface area (Å²) in [5, 5.41) is 10.7. The molecule has 0 bridgehead atoms. The molecule has 7 nitrogen and oxygen atoms in total. The number of carbonyl (C=O) groups excluding carboxylic acids is 3. The van der Waals surface area contributed by atoms with Gasteiger partial charge in [0.05, 0.1) is 6.04 Å². The van der Waals surface area contributed by atoms with E-state index in [0.29, 0.717) is 0 Å². The highest BCUT2D eigenvalue weighted by Crippen LogP contribution is 1.99. The second kappa shape index (κ2) is 7.97. The lowest BCUT2D eigenvalue weighted by Gasteiger charge is -2.24. The van der Waals surface area contributed by atoms with E-state index in [0.717, 1.165) is 0 Å². The van der Waals surface area contributed by atoms with Gasteiger partial charge in [-0.05, 0) is 48.6 Å². The summed E-state index contributed by atoms with van der Waals surface area (Å²) >= 11 is 0. The van der Waals surface area contributed by atoms with Gasteiger partial charge in [0.1, 0.15) is 12.1 Å². The Kier molecular flexibility index (Phi) is 7.35. The largest absolute Gasteiger partial charge is 0.350 e. The molecule has 0 saturated heterocycles. The number of rotatable bonds is 6. The van der Waals surface area contributed by atoms with Gasteiger partial charge in [0.15, 0.2) is 0 Å². The summed E-state index contributed by atoms with van der Waals surface area (Å²) in [7, 11) is 1.66. The lowest BCUT2D eigenvalue weighted by atomic mass is 10.1. The molecule has 0 aromatic heterocycles. The molecule has 0 aromatic carbocycles. The molecule has 0 aliphatic rings. The van der Waals surface area contributed by atoms with Crippen LogP contribution in [0.3, 0.4) is 0 Å².